The van der Waals surface area contributed by atoms with Crippen LogP contribution < -0.4 is 5.73 Å². The van der Waals surface area contributed by atoms with Crippen molar-refractivity contribution in [1.29, 1.82) is 0 Å². The van der Waals surface area contributed by atoms with E-state index in [9.17, 15) is 4.79 Å². The fourth-order valence-electron chi connectivity index (χ4n) is 1.65. The van der Waals surface area contributed by atoms with Gasteiger partial charge in [-0.15, -0.1) is 12.4 Å². The molecule has 3 N–H and O–H groups in total. The van der Waals surface area contributed by atoms with Gasteiger partial charge in [0.2, 0.25) is 0 Å². The largest absolute Gasteiger partial charge is 0.468 e. The molecule has 1 heterocycles. The van der Waals surface area contributed by atoms with Crippen LogP contribution in [0.3, 0.4) is 0 Å². The number of rotatable bonds is 4. The van der Waals surface area contributed by atoms with Gasteiger partial charge in [-0.25, -0.2) is 4.79 Å². The molecule has 1 aromatic rings. The number of carbonyl (C=O) groups is 1. The molecule has 0 radical (unpaired) electrons. The number of nitrogens with two attached hydrogens (primary N) is 1. The quantitative estimate of drug-likeness (QED) is 0.790. The van der Waals surface area contributed by atoms with Gasteiger partial charge in [0.25, 0.3) is 0 Å². The number of halogens is 1. The first-order valence-electron chi connectivity index (χ1n) is 5.22. The molecule has 16 heavy (non-hydrogen) atoms. The predicted molar refractivity (Wildman–Crippen MR) is 63.4 cm³/mol. The van der Waals surface area contributed by atoms with Crippen LogP contribution in [0.15, 0.2) is 12.1 Å². The zero-order valence-electron chi connectivity index (χ0n) is 9.23. The molecule has 90 valence electrons. The summed E-state index contributed by atoms with van der Waals surface area (Å²) >= 11 is 0. The van der Waals surface area contributed by atoms with Gasteiger partial charge in [0.1, 0.15) is 6.04 Å². The summed E-state index contributed by atoms with van der Waals surface area (Å²) in [7, 11) is 1.34. The first kappa shape index (κ1) is 13.1. The van der Waals surface area contributed by atoms with Gasteiger partial charge in [-0.1, -0.05) is 0 Å². The Morgan fingerprint density at radius 2 is 2.31 bits per heavy atom. The third-order valence-electron chi connectivity index (χ3n) is 2.76. The van der Waals surface area contributed by atoms with Gasteiger partial charge < -0.3 is 15.5 Å². The molecule has 1 aromatic heterocycles. The summed E-state index contributed by atoms with van der Waals surface area (Å²) in [6.07, 6.45) is 3.70. The molecule has 1 unspecified atom stereocenters. The number of ether oxygens (including phenoxy) is 1. The average Bonchev–Trinajstić information content (AvgIpc) is 2.93. The number of aromatic nitrogens is 1. The first-order valence-corrected chi connectivity index (χ1v) is 5.22. The summed E-state index contributed by atoms with van der Waals surface area (Å²) in [4.78, 5) is 14.4. The summed E-state index contributed by atoms with van der Waals surface area (Å²) in [6, 6.07) is 3.17. The Labute approximate surface area is 101 Å². The second kappa shape index (κ2) is 5.37. The van der Waals surface area contributed by atoms with Gasteiger partial charge in [-0.2, -0.15) is 0 Å². The lowest BCUT2D eigenvalue weighted by atomic mass is 10.2. The minimum Gasteiger partial charge on any atom is -0.468 e. The Morgan fingerprint density at radius 3 is 2.88 bits per heavy atom. The van der Waals surface area contributed by atoms with Crippen molar-refractivity contribution in [3.63, 3.8) is 0 Å². The maximum absolute atomic E-state index is 11.2. The van der Waals surface area contributed by atoms with Crippen LogP contribution in [0.4, 0.5) is 0 Å². The molecule has 0 spiro atoms. The molecule has 1 fully saturated rings. The molecule has 1 aliphatic carbocycles. The second-order valence-corrected chi connectivity index (χ2v) is 4.09. The maximum Gasteiger partial charge on any atom is 0.328 e. The highest BCUT2D eigenvalue weighted by molar-refractivity contribution is 5.85. The van der Waals surface area contributed by atoms with Gasteiger partial charge in [0.15, 0.2) is 0 Å². The minimum absolute atomic E-state index is 0. The third-order valence-corrected chi connectivity index (χ3v) is 2.76. The van der Waals surface area contributed by atoms with Crippen molar-refractivity contribution < 1.29 is 9.53 Å². The van der Waals surface area contributed by atoms with E-state index in [0.29, 0.717) is 0 Å². The predicted octanol–water partition coefficient (Wildman–Crippen LogP) is 1.56. The van der Waals surface area contributed by atoms with Gasteiger partial charge in [-0.05, 0) is 37.3 Å². The standard InChI is InChI=1S/C11H16N2O2.ClH/c1-15-11(14)10(12)9-5-4-8(13-9)6-7-2-3-7;/h4-5,7,10,13H,2-3,6,12H2,1H3;1H. The van der Waals surface area contributed by atoms with Gasteiger partial charge in [0, 0.05) is 11.4 Å². The second-order valence-electron chi connectivity index (χ2n) is 4.09. The lowest BCUT2D eigenvalue weighted by Gasteiger charge is -2.06. The fourth-order valence-corrected chi connectivity index (χ4v) is 1.65. The summed E-state index contributed by atoms with van der Waals surface area (Å²) in [5.74, 6) is 0.417. The van der Waals surface area contributed by atoms with E-state index in [1.807, 2.05) is 12.1 Å². The number of H-pyrrole nitrogens is 1. The van der Waals surface area contributed by atoms with E-state index in [2.05, 4.69) is 9.72 Å². The molecular weight excluding hydrogens is 228 g/mol. The van der Waals surface area contributed by atoms with Gasteiger partial charge in [-0.3, -0.25) is 0 Å². The molecule has 5 heteroatoms. The highest BCUT2D eigenvalue weighted by Gasteiger charge is 2.23. The number of carbonyl (C=O) groups excluding carboxylic acids is 1. The summed E-state index contributed by atoms with van der Waals surface area (Å²) in [5, 5.41) is 0. The van der Waals surface area contributed by atoms with Crippen LogP contribution in [0.2, 0.25) is 0 Å². The van der Waals surface area contributed by atoms with Crippen LogP contribution >= 0.6 is 12.4 Å². The van der Waals surface area contributed by atoms with Gasteiger partial charge >= 0.3 is 5.97 Å². The Hall–Kier alpha value is -1.00. The van der Waals surface area contributed by atoms with E-state index < -0.39 is 12.0 Å². The van der Waals surface area contributed by atoms with Crippen LogP contribution in [0.5, 0.6) is 0 Å². The van der Waals surface area contributed by atoms with Crippen molar-refractivity contribution in [2.75, 3.05) is 7.11 Å². The Balaban J connectivity index is 0.00000128. The van der Waals surface area contributed by atoms with Crippen LogP contribution in [-0.4, -0.2) is 18.1 Å². The Morgan fingerprint density at radius 1 is 1.62 bits per heavy atom. The molecule has 0 bridgehead atoms. The third kappa shape index (κ3) is 3.00. The van der Waals surface area contributed by atoms with Crippen molar-refractivity contribution in [2.45, 2.75) is 25.3 Å². The number of aromatic amines is 1. The number of hydrogen-bond acceptors (Lipinski definition) is 3. The molecule has 1 atom stereocenters. The fraction of sp³-hybridized carbons (Fsp3) is 0.545. The summed E-state index contributed by atoms with van der Waals surface area (Å²) < 4.78 is 4.59. The van der Waals surface area contributed by atoms with Crippen LogP contribution in [0.25, 0.3) is 0 Å². The average molecular weight is 245 g/mol. The van der Waals surface area contributed by atoms with Crippen molar-refractivity contribution in [3.8, 4) is 0 Å². The van der Waals surface area contributed by atoms with E-state index in [0.717, 1.165) is 23.7 Å². The van der Waals surface area contributed by atoms with Crippen molar-refractivity contribution in [1.82, 2.24) is 4.98 Å². The van der Waals surface area contributed by atoms with E-state index >= 15 is 0 Å². The molecule has 2 rings (SSSR count). The van der Waals surface area contributed by atoms with Gasteiger partial charge in [0.05, 0.1) is 7.11 Å². The normalized spacial score (nSPS) is 16.4. The highest BCUT2D eigenvalue weighted by atomic mass is 35.5. The lowest BCUT2D eigenvalue weighted by Crippen LogP contribution is -2.22. The smallest absolute Gasteiger partial charge is 0.328 e. The molecule has 4 nitrogen and oxygen atoms in total. The zero-order chi connectivity index (χ0) is 10.8. The summed E-state index contributed by atoms with van der Waals surface area (Å²) in [6.45, 7) is 0. The number of hydrogen-bond donors (Lipinski definition) is 2. The highest BCUT2D eigenvalue weighted by Crippen LogP contribution is 2.32. The topological polar surface area (TPSA) is 68.1 Å². The molecule has 0 saturated heterocycles. The van der Waals surface area contributed by atoms with E-state index in [1.54, 1.807) is 0 Å². The Bertz CT molecular complexity index is 361. The van der Waals surface area contributed by atoms with Crippen molar-refractivity contribution in [2.24, 2.45) is 11.7 Å². The molecule has 0 aliphatic heterocycles. The molecular formula is C11H17ClN2O2. The number of methoxy groups -OCH3 is 1. The van der Waals surface area contributed by atoms with E-state index in [4.69, 9.17) is 5.73 Å². The maximum atomic E-state index is 11.2. The first-order chi connectivity index (χ1) is 7.20. The number of nitrogens with one attached hydrogen (secondary N) is 1. The van der Waals surface area contributed by atoms with E-state index in [1.165, 1.54) is 20.0 Å². The van der Waals surface area contributed by atoms with Crippen LogP contribution in [0.1, 0.15) is 30.3 Å². The van der Waals surface area contributed by atoms with Crippen LogP contribution in [0, 0.1) is 5.92 Å². The minimum atomic E-state index is -0.692. The monoisotopic (exact) mass is 244 g/mol. The van der Waals surface area contributed by atoms with Crippen molar-refractivity contribution in [3.05, 3.63) is 23.5 Å². The lowest BCUT2D eigenvalue weighted by molar-refractivity contribution is -0.142. The molecule has 1 aliphatic rings. The zero-order valence-corrected chi connectivity index (χ0v) is 10.0. The molecule has 0 aromatic carbocycles. The molecule has 1 saturated carbocycles. The van der Waals surface area contributed by atoms with Crippen LogP contribution in [-0.2, 0) is 16.0 Å². The number of esters is 1. The van der Waals surface area contributed by atoms with Crippen molar-refractivity contribution >= 4 is 18.4 Å². The summed E-state index contributed by atoms with van der Waals surface area (Å²) in [5.41, 5.74) is 7.60. The SMILES string of the molecule is COC(=O)C(N)c1ccc(CC2CC2)[nH]1.Cl. The van der Waals surface area contributed by atoms with E-state index in [-0.39, 0.29) is 12.4 Å². The Kier molecular flexibility index (Phi) is 4.38. The molecule has 0 amide bonds.